The van der Waals surface area contributed by atoms with Crippen LogP contribution in [0.25, 0.3) is 0 Å². The monoisotopic (exact) mass is 352 g/mol. The number of benzene rings is 1. The number of rotatable bonds is 6. The fraction of sp³-hybridized carbons (Fsp3) is 0.353. The van der Waals surface area contributed by atoms with Crippen LogP contribution in [-0.4, -0.2) is 29.0 Å². The summed E-state index contributed by atoms with van der Waals surface area (Å²) in [5, 5.41) is 2.64. The van der Waals surface area contributed by atoms with Crippen molar-refractivity contribution in [1.82, 2.24) is 15.3 Å². The lowest BCUT2D eigenvalue weighted by Gasteiger charge is -2.21. The average molecular weight is 352 g/mol. The molecule has 8 heteroatoms. The Morgan fingerprint density at radius 1 is 1.08 bits per heavy atom. The van der Waals surface area contributed by atoms with Crippen molar-refractivity contribution < 1.29 is 18.0 Å². The first-order valence-corrected chi connectivity index (χ1v) is 7.86. The van der Waals surface area contributed by atoms with E-state index < -0.39 is 12.0 Å². The van der Waals surface area contributed by atoms with Crippen LogP contribution in [0.1, 0.15) is 35.6 Å². The Balaban J connectivity index is 1.96. The standard InChI is InChI=1S/C17H19F3N4O/c1-3-24(4-2)14-7-5-13(6-8-14)15(25)21-9-12-10-22-16(23-11-12)17(18,19)20/h5-8,10-11H,3-4,9H2,1-2H3,(H,21,25). The molecule has 1 heterocycles. The molecule has 134 valence electrons. The number of alkyl halides is 3. The van der Waals surface area contributed by atoms with E-state index in [0.717, 1.165) is 31.2 Å². The van der Waals surface area contributed by atoms with Crippen molar-refractivity contribution in [2.75, 3.05) is 18.0 Å². The number of carbonyl (C=O) groups excluding carboxylic acids is 1. The second-order valence-corrected chi connectivity index (χ2v) is 5.31. The summed E-state index contributed by atoms with van der Waals surface area (Å²) >= 11 is 0. The zero-order chi connectivity index (χ0) is 18.4. The van der Waals surface area contributed by atoms with Crippen LogP contribution < -0.4 is 10.2 Å². The number of halogens is 3. The Labute approximate surface area is 143 Å². The first-order chi connectivity index (χ1) is 11.8. The molecule has 2 rings (SSSR count). The van der Waals surface area contributed by atoms with E-state index in [9.17, 15) is 18.0 Å². The van der Waals surface area contributed by atoms with E-state index in [4.69, 9.17) is 0 Å². The number of hydrogen-bond donors (Lipinski definition) is 1. The predicted octanol–water partition coefficient (Wildman–Crippen LogP) is 3.27. The van der Waals surface area contributed by atoms with Crippen molar-refractivity contribution >= 4 is 11.6 Å². The van der Waals surface area contributed by atoms with Gasteiger partial charge in [0.25, 0.3) is 5.91 Å². The van der Waals surface area contributed by atoms with Crippen molar-refractivity contribution in [3.05, 3.63) is 53.6 Å². The van der Waals surface area contributed by atoms with Gasteiger partial charge in [0.1, 0.15) is 0 Å². The fourth-order valence-corrected chi connectivity index (χ4v) is 2.29. The summed E-state index contributed by atoms with van der Waals surface area (Å²) in [6.45, 7) is 5.90. The maximum Gasteiger partial charge on any atom is 0.451 e. The maximum atomic E-state index is 12.4. The molecular formula is C17H19F3N4O. The molecule has 1 amide bonds. The smallest absolute Gasteiger partial charge is 0.372 e. The highest BCUT2D eigenvalue weighted by atomic mass is 19.4. The highest BCUT2D eigenvalue weighted by molar-refractivity contribution is 5.94. The van der Waals surface area contributed by atoms with Gasteiger partial charge in [-0.15, -0.1) is 0 Å². The third-order valence-corrected chi connectivity index (χ3v) is 3.67. The van der Waals surface area contributed by atoms with Gasteiger partial charge in [-0.25, -0.2) is 9.97 Å². The van der Waals surface area contributed by atoms with Crippen LogP contribution in [0.3, 0.4) is 0 Å². The third-order valence-electron chi connectivity index (χ3n) is 3.67. The van der Waals surface area contributed by atoms with Crippen LogP contribution in [-0.2, 0) is 12.7 Å². The van der Waals surface area contributed by atoms with Crippen molar-refractivity contribution in [2.24, 2.45) is 0 Å². The summed E-state index contributed by atoms with van der Waals surface area (Å²) in [7, 11) is 0. The largest absolute Gasteiger partial charge is 0.451 e. The quantitative estimate of drug-likeness (QED) is 0.867. The lowest BCUT2D eigenvalue weighted by atomic mass is 10.1. The molecule has 1 N–H and O–H groups in total. The highest BCUT2D eigenvalue weighted by Gasteiger charge is 2.34. The average Bonchev–Trinajstić information content (AvgIpc) is 2.61. The SMILES string of the molecule is CCN(CC)c1ccc(C(=O)NCc2cnc(C(F)(F)F)nc2)cc1. The van der Waals surface area contributed by atoms with Gasteiger partial charge < -0.3 is 10.2 Å². The molecule has 1 aromatic carbocycles. The predicted molar refractivity (Wildman–Crippen MR) is 88.2 cm³/mol. The first kappa shape index (κ1) is 18.7. The van der Waals surface area contributed by atoms with Crippen molar-refractivity contribution in [3.8, 4) is 0 Å². The Kier molecular flexibility index (Phi) is 5.95. The van der Waals surface area contributed by atoms with E-state index in [2.05, 4.69) is 34.0 Å². The lowest BCUT2D eigenvalue weighted by molar-refractivity contribution is -0.145. The summed E-state index contributed by atoms with van der Waals surface area (Å²) in [4.78, 5) is 20.8. The summed E-state index contributed by atoms with van der Waals surface area (Å²) in [6, 6.07) is 7.16. The molecule has 0 aliphatic carbocycles. The summed E-state index contributed by atoms with van der Waals surface area (Å²) < 4.78 is 37.2. The van der Waals surface area contributed by atoms with E-state index in [1.807, 2.05) is 12.1 Å². The van der Waals surface area contributed by atoms with Gasteiger partial charge in [-0.1, -0.05) is 0 Å². The molecule has 0 aliphatic rings. The minimum Gasteiger partial charge on any atom is -0.372 e. The molecule has 0 saturated carbocycles. The van der Waals surface area contributed by atoms with Crippen LogP contribution in [0.4, 0.5) is 18.9 Å². The summed E-state index contributed by atoms with van der Waals surface area (Å²) in [6.07, 6.45) is -2.46. The van der Waals surface area contributed by atoms with Gasteiger partial charge in [0.05, 0.1) is 0 Å². The van der Waals surface area contributed by atoms with Gasteiger partial charge >= 0.3 is 6.18 Å². The Bertz CT molecular complexity index is 695. The minimum absolute atomic E-state index is 0.0504. The molecule has 0 bridgehead atoms. The molecule has 0 unspecified atom stereocenters. The Morgan fingerprint density at radius 3 is 2.12 bits per heavy atom. The molecule has 0 saturated heterocycles. The molecule has 25 heavy (non-hydrogen) atoms. The lowest BCUT2D eigenvalue weighted by Crippen LogP contribution is -2.24. The van der Waals surface area contributed by atoms with E-state index in [-0.39, 0.29) is 12.5 Å². The van der Waals surface area contributed by atoms with Crippen LogP contribution in [0.15, 0.2) is 36.7 Å². The summed E-state index contributed by atoms with van der Waals surface area (Å²) in [5.74, 6) is -1.51. The van der Waals surface area contributed by atoms with Crippen LogP contribution >= 0.6 is 0 Å². The first-order valence-electron chi connectivity index (χ1n) is 7.86. The van der Waals surface area contributed by atoms with Gasteiger partial charge in [0, 0.05) is 48.8 Å². The molecular weight excluding hydrogens is 333 g/mol. The van der Waals surface area contributed by atoms with Gasteiger partial charge in [-0.2, -0.15) is 13.2 Å². The topological polar surface area (TPSA) is 58.1 Å². The second-order valence-electron chi connectivity index (χ2n) is 5.31. The normalized spacial score (nSPS) is 11.2. The van der Waals surface area contributed by atoms with Crippen LogP contribution in [0.2, 0.25) is 0 Å². The zero-order valence-corrected chi connectivity index (χ0v) is 14.0. The number of nitrogens with one attached hydrogen (secondary N) is 1. The van der Waals surface area contributed by atoms with E-state index in [1.54, 1.807) is 12.1 Å². The van der Waals surface area contributed by atoms with Crippen LogP contribution in [0, 0.1) is 0 Å². The molecule has 2 aromatic rings. The highest BCUT2D eigenvalue weighted by Crippen LogP contribution is 2.25. The van der Waals surface area contributed by atoms with E-state index >= 15 is 0 Å². The number of aromatic nitrogens is 2. The second kappa shape index (κ2) is 7.96. The van der Waals surface area contributed by atoms with Gasteiger partial charge in [0.2, 0.25) is 5.82 Å². The number of anilines is 1. The molecule has 0 atom stereocenters. The third kappa shape index (κ3) is 4.91. The van der Waals surface area contributed by atoms with E-state index in [1.165, 1.54) is 0 Å². The van der Waals surface area contributed by atoms with Gasteiger partial charge in [-0.3, -0.25) is 4.79 Å². The van der Waals surface area contributed by atoms with Gasteiger partial charge in [0.15, 0.2) is 0 Å². The maximum absolute atomic E-state index is 12.4. The number of carbonyl (C=O) groups is 1. The molecule has 0 fully saturated rings. The number of nitrogens with zero attached hydrogens (tertiary/aromatic N) is 3. The van der Waals surface area contributed by atoms with Crippen LogP contribution in [0.5, 0.6) is 0 Å². The van der Waals surface area contributed by atoms with Crippen molar-refractivity contribution in [2.45, 2.75) is 26.6 Å². The molecule has 0 aliphatic heterocycles. The Morgan fingerprint density at radius 2 is 1.64 bits per heavy atom. The number of amides is 1. The molecule has 0 spiro atoms. The number of hydrogen-bond acceptors (Lipinski definition) is 4. The Hall–Kier alpha value is -2.64. The van der Waals surface area contributed by atoms with Crippen molar-refractivity contribution in [3.63, 3.8) is 0 Å². The molecule has 0 radical (unpaired) electrons. The minimum atomic E-state index is -4.58. The molecule has 5 nitrogen and oxygen atoms in total. The molecule has 1 aromatic heterocycles. The van der Waals surface area contributed by atoms with Gasteiger partial charge in [-0.05, 0) is 38.1 Å². The zero-order valence-electron chi connectivity index (χ0n) is 14.0. The van der Waals surface area contributed by atoms with Crippen molar-refractivity contribution in [1.29, 1.82) is 0 Å². The fourth-order valence-electron chi connectivity index (χ4n) is 2.29. The summed E-state index contributed by atoms with van der Waals surface area (Å²) in [5.41, 5.74) is 1.89. The van der Waals surface area contributed by atoms with E-state index in [0.29, 0.717) is 11.1 Å².